The first-order valence-corrected chi connectivity index (χ1v) is 5.50. The first-order valence-electron chi connectivity index (χ1n) is 5.07. The van der Waals surface area contributed by atoms with Crippen molar-refractivity contribution in [1.82, 2.24) is 14.9 Å². The summed E-state index contributed by atoms with van der Waals surface area (Å²) >= 11 is 5.89. The predicted molar refractivity (Wildman–Crippen MR) is 63.4 cm³/mol. The van der Waals surface area contributed by atoms with Gasteiger partial charge in [-0.1, -0.05) is 4.98 Å². The summed E-state index contributed by atoms with van der Waals surface area (Å²) in [5.74, 6) is -0.340. The van der Waals surface area contributed by atoms with E-state index in [1.54, 1.807) is 6.92 Å². The van der Waals surface area contributed by atoms with Gasteiger partial charge >= 0.3 is 12.0 Å². The van der Waals surface area contributed by atoms with Gasteiger partial charge in [0.2, 0.25) is 0 Å². The van der Waals surface area contributed by atoms with Crippen LogP contribution in [0.1, 0.15) is 23.7 Å². The summed E-state index contributed by atoms with van der Waals surface area (Å²) in [5.41, 5.74) is 0.725. The van der Waals surface area contributed by atoms with Gasteiger partial charge in [0.25, 0.3) is 0 Å². The van der Waals surface area contributed by atoms with Crippen LogP contribution in [0.5, 0.6) is 0 Å². The maximum atomic E-state index is 11.0. The molecule has 0 aromatic carbocycles. The summed E-state index contributed by atoms with van der Waals surface area (Å²) in [5, 5.41) is 12.5. The number of rotatable bonds is 4. The molecule has 8 nitrogen and oxygen atoms in total. The van der Waals surface area contributed by atoms with E-state index in [0.29, 0.717) is 11.4 Å². The molecule has 1 N–H and O–H groups in total. The van der Waals surface area contributed by atoms with Gasteiger partial charge in [0.15, 0.2) is 18.0 Å². The van der Waals surface area contributed by atoms with E-state index in [9.17, 15) is 14.9 Å². The minimum absolute atomic E-state index is 0.136. The molecule has 0 fully saturated rings. The summed E-state index contributed by atoms with van der Waals surface area (Å²) in [6.45, 7) is 1.50. The molecule has 9 heteroatoms. The van der Waals surface area contributed by atoms with Crippen molar-refractivity contribution in [2.45, 2.75) is 18.9 Å². The Morgan fingerprint density at radius 3 is 2.78 bits per heavy atom. The zero-order chi connectivity index (χ0) is 13.9. The molecule has 0 bridgehead atoms. The number of ether oxygens (including phenoxy) is 1. The fraction of sp³-hybridized carbons (Fsp3) is 0.556. The van der Waals surface area contributed by atoms with Gasteiger partial charge in [0, 0.05) is 7.05 Å². The summed E-state index contributed by atoms with van der Waals surface area (Å²) in [6, 6.07) is 0. The fourth-order valence-corrected chi connectivity index (χ4v) is 1.57. The molecule has 0 spiro atoms. The minimum atomic E-state index is -0.632. The van der Waals surface area contributed by atoms with Crippen LogP contribution in [0.3, 0.4) is 0 Å². The number of imidazole rings is 1. The van der Waals surface area contributed by atoms with Gasteiger partial charge in [0.1, 0.15) is 0 Å². The Bertz CT molecular complexity index is 471. The normalized spacial score (nSPS) is 12.0. The number of halogens is 1. The zero-order valence-electron chi connectivity index (χ0n) is 10.1. The Labute approximate surface area is 108 Å². The Morgan fingerprint density at radius 2 is 2.33 bits per heavy atom. The van der Waals surface area contributed by atoms with Crippen molar-refractivity contribution in [3.8, 4) is 0 Å². The van der Waals surface area contributed by atoms with Crippen LogP contribution in [0, 0.1) is 10.1 Å². The molecule has 0 saturated heterocycles. The van der Waals surface area contributed by atoms with Crippen molar-refractivity contribution in [3.05, 3.63) is 21.5 Å². The molecule has 1 unspecified atom stereocenters. The maximum absolute atomic E-state index is 11.0. The van der Waals surface area contributed by atoms with E-state index in [0.717, 1.165) is 0 Å². The standard InChI is InChI=1S/C9H13ClN4O4/c1-5(10)7-6(4-18-9(15)11-2)13(3)8(12-7)14(16)17/h5H,4H2,1-3H3,(H,11,15). The third kappa shape index (κ3) is 2.89. The summed E-state index contributed by atoms with van der Waals surface area (Å²) in [6.07, 6.45) is -0.632. The van der Waals surface area contributed by atoms with Crippen LogP contribution in [-0.4, -0.2) is 27.6 Å². The number of alkyl carbamates (subject to hydrolysis) is 1. The lowest BCUT2D eigenvalue weighted by Crippen LogP contribution is -2.20. The summed E-state index contributed by atoms with van der Waals surface area (Å²) < 4.78 is 6.10. The summed E-state index contributed by atoms with van der Waals surface area (Å²) in [7, 11) is 2.88. The van der Waals surface area contributed by atoms with E-state index >= 15 is 0 Å². The lowest BCUT2D eigenvalue weighted by Gasteiger charge is -2.04. The smallest absolute Gasteiger partial charge is 0.435 e. The van der Waals surface area contributed by atoms with Gasteiger partial charge < -0.3 is 20.2 Å². The van der Waals surface area contributed by atoms with Crippen molar-refractivity contribution >= 4 is 23.6 Å². The van der Waals surface area contributed by atoms with Crippen molar-refractivity contribution in [2.24, 2.45) is 7.05 Å². The Morgan fingerprint density at radius 1 is 1.72 bits per heavy atom. The number of nitro groups is 1. The monoisotopic (exact) mass is 276 g/mol. The highest BCUT2D eigenvalue weighted by Gasteiger charge is 2.28. The van der Waals surface area contributed by atoms with Crippen LogP contribution in [0.25, 0.3) is 0 Å². The number of amides is 1. The lowest BCUT2D eigenvalue weighted by atomic mass is 10.2. The van der Waals surface area contributed by atoms with Gasteiger partial charge in [-0.05, 0) is 11.8 Å². The molecule has 1 aromatic rings. The number of nitrogens with zero attached hydrogens (tertiary/aromatic N) is 3. The van der Waals surface area contributed by atoms with E-state index in [1.165, 1.54) is 18.7 Å². The van der Waals surface area contributed by atoms with E-state index in [-0.39, 0.29) is 12.6 Å². The van der Waals surface area contributed by atoms with Crippen LogP contribution in [0.2, 0.25) is 0 Å². The number of aromatic nitrogens is 2. The van der Waals surface area contributed by atoms with Gasteiger partial charge in [-0.2, -0.15) is 0 Å². The summed E-state index contributed by atoms with van der Waals surface area (Å²) in [4.78, 5) is 25.0. The molecule has 1 rings (SSSR count). The topological polar surface area (TPSA) is 99.3 Å². The average Bonchev–Trinajstić information content (AvgIpc) is 2.63. The zero-order valence-corrected chi connectivity index (χ0v) is 10.9. The Hall–Kier alpha value is -1.83. The molecule has 1 amide bonds. The third-order valence-corrected chi connectivity index (χ3v) is 2.51. The molecular formula is C9H13ClN4O4. The minimum Gasteiger partial charge on any atom is -0.441 e. The van der Waals surface area contributed by atoms with Crippen LogP contribution >= 0.6 is 11.6 Å². The van der Waals surface area contributed by atoms with E-state index in [2.05, 4.69) is 10.3 Å². The second kappa shape index (κ2) is 5.67. The number of hydrogen-bond donors (Lipinski definition) is 1. The largest absolute Gasteiger partial charge is 0.441 e. The highest BCUT2D eigenvalue weighted by Crippen LogP contribution is 2.26. The molecule has 1 aromatic heterocycles. The molecule has 0 radical (unpaired) electrons. The fourth-order valence-electron chi connectivity index (χ4n) is 1.40. The molecule has 0 aliphatic heterocycles. The van der Waals surface area contributed by atoms with Crippen LogP contribution in [0.4, 0.5) is 10.7 Å². The number of nitrogens with one attached hydrogen (secondary N) is 1. The second-order valence-electron chi connectivity index (χ2n) is 3.50. The SMILES string of the molecule is CNC(=O)OCc1c(C(C)Cl)nc([N+](=O)[O-])n1C. The third-order valence-electron chi connectivity index (χ3n) is 2.31. The van der Waals surface area contributed by atoms with Gasteiger partial charge in [-0.3, -0.25) is 0 Å². The second-order valence-corrected chi connectivity index (χ2v) is 4.16. The molecular weight excluding hydrogens is 264 g/mol. The van der Waals surface area contributed by atoms with Crippen molar-refractivity contribution in [2.75, 3.05) is 7.05 Å². The quantitative estimate of drug-likeness (QED) is 0.510. The van der Waals surface area contributed by atoms with E-state index in [4.69, 9.17) is 16.3 Å². The Kier molecular flexibility index (Phi) is 4.49. The average molecular weight is 277 g/mol. The first kappa shape index (κ1) is 14.2. The van der Waals surface area contributed by atoms with Gasteiger partial charge in [-0.15, -0.1) is 11.6 Å². The van der Waals surface area contributed by atoms with Crippen LogP contribution in [0.15, 0.2) is 0 Å². The maximum Gasteiger partial charge on any atom is 0.435 e. The molecule has 18 heavy (non-hydrogen) atoms. The van der Waals surface area contributed by atoms with Crippen molar-refractivity contribution in [1.29, 1.82) is 0 Å². The number of carbonyl (C=O) groups is 1. The molecule has 1 atom stereocenters. The Balaban J connectivity index is 3.07. The highest BCUT2D eigenvalue weighted by molar-refractivity contribution is 6.20. The molecule has 0 saturated carbocycles. The molecule has 0 aliphatic carbocycles. The van der Waals surface area contributed by atoms with E-state index in [1.807, 2.05) is 0 Å². The van der Waals surface area contributed by atoms with Crippen molar-refractivity contribution < 1.29 is 14.5 Å². The van der Waals surface area contributed by atoms with Crippen LogP contribution in [-0.2, 0) is 18.4 Å². The lowest BCUT2D eigenvalue weighted by molar-refractivity contribution is -0.396. The number of alkyl halides is 1. The van der Waals surface area contributed by atoms with Gasteiger partial charge in [0.05, 0.1) is 12.4 Å². The van der Waals surface area contributed by atoms with E-state index < -0.39 is 16.4 Å². The predicted octanol–water partition coefficient (Wildman–Crippen LogP) is 1.48. The molecule has 0 aliphatic rings. The number of carbonyl (C=O) groups excluding carboxylic acids is 1. The van der Waals surface area contributed by atoms with Crippen molar-refractivity contribution in [3.63, 3.8) is 0 Å². The first-order chi connectivity index (χ1) is 8.38. The van der Waals surface area contributed by atoms with Crippen LogP contribution < -0.4 is 5.32 Å². The number of hydrogen-bond acceptors (Lipinski definition) is 5. The molecule has 100 valence electrons. The molecule has 1 heterocycles. The highest BCUT2D eigenvalue weighted by atomic mass is 35.5. The van der Waals surface area contributed by atoms with Gasteiger partial charge in [-0.25, -0.2) is 9.36 Å².